The van der Waals surface area contributed by atoms with Crippen molar-refractivity contribution in [1.29, 1.82) is 0 Å². The van der Waals surface area contributed by atoms with E-state index in [1.807, 2.05) is 58.7 Å². The SMILES string of the molecule is O=C(CN1CCc2sccc2C1)N1c2ccccc2OC[C@H]1c1ccccc1. The summed E-state index contributed by atoms with van der Waals surface area (Å²) in [6.07, 6.45) is 1.03. The van der Waals surface area contributed by atoms with Gasteiger partial charge < -0.3 is 4.74 Å². The fourth-order valence-corrected chi connectivity index (χ4v) is 5.02. The molecule has 2 aliphatic rings. The average Bonchev–Trinajstić information content (AvgIpc) is 3.21. The van der Waals surface area contributed by atoms with Crippen LogP contribution in [0.4, 0.5) is 5.69 Å². The molecule has 0 fully saturated rings. The van der Waals surface area contributed by atoms with Crippen molar-refractivity contribution in [2.45, 2.75) is 19.0 Å². The fraction of sp³-hybridized carbons (Fsp3) is 0.261. The molecular formula is C23H22N2O2S. The van der Waals surface area contributed by atoms with Crippen LogP contribution in [0.1, 0.15) is 22.0 Å². The van der Waals surface area contributed by atoms with Crippen molar-refractivity contribution in [2.24, 2.45) is 0 Å². The van der Waals surface area contributed by atoms with E-state index in [4.69, 9.17) is 4.74 Å². The molecule has 0 saturated heterocycles. The van der Waals surface area contributed by atoms with Crippen LogP contribution in [0.15, 0.2) is 66.0 Å². The van der Waals surface area contributed by atoms with Crippen LogP contribution in [0.3, 0.4) is 0 Å². The Morgan fingerprint density at radius 1 is 1.07 bits per heavy atom. The van der Waals surface area contributed by atoms with Crippen LogP contribution in [0, 0.1) is 0 Å². The average molecular weight is 391 g/mol. The molecule has 2 aliphatic heterocycles. The van der Waals surface area contributed by atoms with Gasteiger partial charge in [-0.15, -0.1) is 11.3 Å². The van der Waals surface area contributed by atoms with Crippen LogP contribution >= 0.6 is 11.3 Å². The first-order chi connectivity index (χ1) is 13.8. The second-order valence-corrected chi connectivity index (χ2v) is 8.30. The highest BCUT2D eigenvalue weighted by molar-refractivity contribution is 7.10. The number of rotatable bonds is 3. The lowest BCUT2D eigenvalue weighted by molar-refractivity contribution is -0.120. The van der Waals surface area contributed by atoms with Crippen LogP contribution < -0.4 is 9.64 Å². The minimum atomic E-state index is -0.106. The third kappa shape index (κ3) is 3.21. The standard InChI is InChI=1S/C23H22N2O2S/c26-23(15-24-12-10-22-18(14-24)11-13-28-22)25-19-8-4-5-9-21(19)27-16-20(25)17-6-2-1-3-7-17/h1-9,11,13,20H,10,12,14-16H2/t20-/m0/s1. The van der Waals surface area contributed by atoms with E-state index in [0.717, 1.165) is 36.5 Å². The molecule has 28 heavy (non-hydrogen) atoms. The minimum Gasteiger partial charge on any atom is -0.489 e. The lowest BCUT2D eigenvalue weighted by Crippen LogP contribution is -2.46. The van der Waals surface area contributed by atoms with Crippen molar-refractivity contribution in [3.8, 4) is 5.75 Å². The molecule has 0 bridgehead atoms. The highest BCUT2D eigenvalue weighted by Crippen LogP contribution is 2.39. The van der Waals surface area contributed by atoms with E-state index in [0.29, 0.717) is 13.2 Å². The second kappa shape index (κ2) is 7.41. The van der Waals surface area contributed by atoms with E-state index in [-0.39, 0.29) is 11.9 Å². The van der Waals surface area contributed by atoms with Gasteiger partial charge in [0.25, 0.3) is 0 Å². The van der Waals surface area contributed by atoms with Gasteiger partial charge in [-0.05, 0) is 41.1 Å². The summed E-state index contributed by atoms with van der Waals surface area (Å²) in [7, 11) is 0. The number of nitrogens with zero attached hydrogens (tertiary/aromatic N) is 2. The van der Waals surface area contributed by atoms with Crippen molar-refractivity contribution in [1.82, 2.24) is 4.90 Å². The molecule has 0 N–H and O–H groups in total. The lowest BCUT2D eigenvalue weighted by Gasteiger charge is -2.38. The molecule has 1 amide bonds. The summed E-state index contributed by atoms with van der Waals surface area (Å²) in [5.41, 5.74) is 3.33. The van der Waals surface area contributed by atoms with Gasteiger partial charge in [0.1, 0.15) is 12.4 Å². The number of hydrogen-bond donors (Lipinski definition) is 0. The molecule has 5 rings (SSSR count). The zero-order valence-electron chi connectivity index (χ0n) is 15.6. The lowest BCUT2D eigenvalue weighted by atomic mass is 10.0. The molecule has 5 heteroatoms. The highest BCUT2D eigenvalue weighted by Gasteiger charge is 2.34. The third-order valence-electron chi connectivity index (χ3n) is 5.53. The molecule has 0 radical (unpaired) electrons. The molecule has 0 spiro atoms. The van der Waals surface area contributed by atoms with Gasteiger partial charge >= 0.3 is 0 Å². The maximum atomic E-state index is 13.5. The van der Waals surface area contributed by atoms with Crippen LogP contribution in [-0.2, 0) is 17.8 Å². The zero-order valence-corrected chi connectivity index (χ0v) is 16.4. The topological polar surface area (TPSA) is 32.8 Å². The van der Waals surface area contributed by atoms with E-state index < -0.39 is 0 Å². The first kappa shape index (κ1) is 17.5. The molecule has 142 valence electrons. The number of carbonyl (C=O) groups is 1. The Kier molecular flexibility index (Phi) is 4.63. The van der Waals surface area contributed by atoms with Crippen molar-refractivity contribution >= 4 is 22.9 Å². The summed E-state index contributed by atoms with van der Waals surface area (Å²) in [6, 6.07) is 20.1. The summed E-state index contributed by atoms with van der Waals surface area (Å²) < 4.78 is 5.99. The number of benzene rings is 2. The molecule has 4 nitrogen and oxygen atoms in total. The molecular weight excluding hydrogens is 368 g/mol. The molecule has 0 aliphatic carbocycles. The molecule has 0 unspecified atom stereocenters. The minimum absolute atomic E-state index is 0.106. The Morgan fingerprint density at radius 3 is 2.79 bits per heavy atom. The predicted octanol–water partition coefficient (Wildman–Crippen LogP) is 4.27. The van der Waals surface area contributed by atoms with Crippen molar-refractivity contribution in [3.63, 3.8) is 0 Å². The van der Waals surface area contributed by atoms with Gasteiger partial charge in [0.15, 0.2) is 0 Å². The van der Waals surface area contributed by atoms with Crippen molar-refractivity contribution in [3.05, 3.63) is 82.0 Å². The van der Waals surface area contributed by atoms with Crippen LogP contribution in [-0.4, -0.2) is 30.5 Å². The van der Waals surface area contributed by atoms with E-state index in [9.17, 15) is 4.79 Å². The third-order valence-corrected chi connectivity index (χ3v) is 6.55. The number of carbonyl (C=O) groups excluding carboxylic acids is 1. The first-order valence-electron chi connectivity index (χ1n) is 9.66. The normalized spacial score (nSPS) is 18.9. The summed E-state index contributed by atoms with van der Waals surface area (Å²) in [6.45, 7) is 2.68. The Balaban J connectivity index is 1.43. The zero-order chi connectivity index (χ0) is 18.9. The van der Waals surface area contributed by atoms with Gasteiger partial charge in [-0.2, -0.15) is 0 Å². The van der Waals surface area contributed by atoms with Gasteiger partial charge in [0, 0.05) is 18.0 Å². The van der Waals surface area contributed by atoms with E-state index in [2.05, 4.69) is 28.5 Å². The van der Waals surface area contributed by atoms with E-state index in [1.165, 1.54) is 10.4 Å². The number of para-hydroxylation sites is 2. The Labute approximate surface area is 169 Å². The maximum absolute atomic E-state index is 13.5. The number of thiophene rings is 1. The van der Waals surface area contributed by atoms with Crippen LogP contribution in [0.2, 0.25) is 0 Å². The Morgan fingerprint density at radius 2 is 1.89 bits per heavy atom. The van der Waals surface area contributed by atoms with Crippen LogP contribution in [0.5, 0.6) is 5.75 Å². The van der Waals surface area contributed by atoms with Crippen molar-refractivity contribution < 1.29 is 9.53 Å². The summed E-state index contributed by atoms with van der Waals surface area (Å²) >= 11 is 1.82. The second-order valence-electron chi connectivity index (χ2n) is 7.30. The fourth-order valence-electron chi connectivity index (χ4n) is 4.13. The number of ether oxygens (including phenoxy) is 1. The molecule has 3 aromatic rings. The molecule has 1 atom stereocenters. The smallest absolute Gasteiger partial charge is 0.241 e. The largest absolute Gasteiger partial charge is 0.489 e. The number of anilines is 1. The number of fused-ring (bicyclic) bond motifs is 2. The summed E-state index contributed by atoms with van der Waals surface area (Å²) in [5.74, 6) is 0.907. The number of hydrogen-bond acceptors (Lipinski definition) is 4. The molecule has 1 aromatic heterocycles. The molecule has 2 aromatic carbocycles. The van der Waals surface area contributed by atoms with Gasteiger partial charge in [-0.1, -0.05) is 42.5 Å². The summed E-state index contributed by atoms with van der Waals surface area (Å²) in [5, 5.41) is 2.15. The quantitative estimate of drug-likeness (QED) is 0.669. The highest BCUT2D eigenvalue weighted by atomic mass is 32.1. The van der Waals surface area contributed by atoms with Crippen molar-refractivity contribution in [2.75, 3.05) is 24.6 Å². The Bertz CT molecular complexity index is 985. The predicted molar refractivity (Wildman–Crippen MR) is 112 cm³/mol. The Hall–Kier alpha value is -2.63. The molecule has 0 saturated carbocycles. The van der Waals surface area contributed by atoms with Gasteiger partial charge in [0.2, 0.25) is 5.91 Å². The van der Waals surface area contributed by atoms with E-state index in [1.54, 1.807) is 0 Å². The van der Waals surface area contributed by atoms with Gasteiger partial charge in [-0.3, -0.25) is 14.6 Å². The summed E-state index contributed by atoms with van der Waals surface area (Å²) in [4.78, 5) is 19.2. The molecule has 3 heterocycles. The van der Waals surface area contributed by atoms with Crippen LogP contribution in [0.25, 0.3) is 0 Å². The van der Waals surface area contributed by atoms with Gasteiger partial charge in [-0.25, -0.2) is 0 Å². The van der Waals surface area contributed by atoms with Gasteiger partial charge in [0.05, 0.1) is 18.3 Å². The first-order valence-corrected chi connectivity index (χ1v) is 10.5. The monoisotopic (exact) mass is 390 g/mol. The van der Waals surface area contributed by atoms with E-state index >= 15 is 0 Å². The maximum Gasteiger partial charge on any atom is 0.241 e. The number of amides is 1.